The van der Waals surface area contributed by atoms with Gasteiger partial charge in [0, 0.05) is 24.6 Å². The van der Waals surface area contributed by atoms with Crippen LogP contribution in [0.4, 0.5) is 10.5 Å². The molecular formula is C18H21N3O. The molecule has 0 radical (unpaired) electrons. The number of nitrogens with one attached hydrogen (secondary N) is 1. The Labute approximate surface area is 131 Å². The first-order valence-electron chi connectivity index (χ1n) is 7.78. The van der Waals surface area contributed by atoms with Gasteiger partial charge in [-0.3, -0.25) is 4.98 Å². The minimum atomic E-state index is -0.0286. The molecule has 1 aliphatic heterocycles. The molecule has 1 atom stereocenters. The maximum absolute atomic E-state index is 12.7. The van der Waals surface area contributed by atoms with Crippen LogP contribution in [-0.2, 0) is 0 Å². The predicted octanol–water partition coefficient (Wildman–Crippen LogP) is 4.15. The van der Waals surface area contributed by atoms with Gasteiger partial charge in [0.05, 0.1) is 6.04 Å². The minimum Gasteiger partial charge on any atom is -0.317 e. The van der Waals surface area contributed by atoms with Gasteiger partial charge < -0.3 is 10.2 Å². The summed E-state index contributed by atoms with van der Waals surface area (Å²) in [5.41, 5.74) is 3.10. The highest BCUT2D eigenvalue weighted by molar-refractivity contribution is 5.89. The van der Waals surface area contributed by atoms with E-state index in [-0.39, 0.29) is 12.1 Å². The maximum Gasteiger partial charge on any atom is 0.322 e. The number of carbonyl (C=O) groups excluding carboxylic acids is 1. The van der Waals surface area contributed by atoms with Gasteiger partial charge >= 0.3 is 6.03 Å². The second-order valence-corrected chi connectivity index (χ2v) is 5.79. The number of urea groups is 1. The summed E-state index contributed by atoms with van der Waals surface area (Å²) in [6.07, 6.45) is 6.82. The molecule has 0 spiro atoms. The van der Waals surface area contributed by atoms with Crippen molar-refractivity contribution in [3.8, 4) is 0 Å². The average Bonchev–Trinajstić information content (AvgIpc) is 2.56. The number of amides is 2. The van der Waals surface area contributed by atoms with Crippen LogP contribution in [0.1, 0.15) is 36.4 Å². The zero-order valence-electron chi connectivity index (χ0n) is 12.8. The van der Waals surface area contributed by atoms with Gasteiger partial charge in [0.1, 0.15) is 0 Å². The Morgan fingerprint density at radius 3 is 2.95 bits per heavy atom. The number of pyridine rings is 1. The number of likely N-dealkylation sites (tertiary alicyclic amines) is 1. The molecule has 1 saturated heterocycles. The van der Waals surface area contributed by atoms with Crippen molar-refractivity contribution < 1.29 is 4.79 Å². The van der Waals surface area contributed by atoms with E-state index >= 15 is 0 Å². The zero-order valence-corrected chi connectivity index (χ0v) is 12.8. The average molecular weight is 295 g/mol. The number of rotatable bonds is 2. The predicted molar refractivity (Wildman–Crippen MR) is 87.7 cm³/mol. The third kappa shape index (κ3) is 3.27. The highest BCUT2D eigenvalue weighted by atomic mass is 16.2. The molecule has 4 nitrogen and oxygen atoms in total. The summed E-state index contributed by atoms with van der Waals surface area (Å²) in [6, 6.07) is 12.0. The summed E-state index contributed by atoms with van der Waals surface area (Å²) in [5.74, 6) is 0. The smallest absolute Gasteiger partial charge is 0.317 e. The number of benzene rings is 1. The molecule has 4 heteroatoms. The second kappa shape index (κ2) is 6.60. The molecule has 1 aliphatic rings. The fraction of sp³-hybridized carbons (Fsp3) is 0.333. The molecule has 114 valence electrons. The first-order valence-corrected chi connectivity index (χ1v) is 7.78. The standard InChI is InChI=1S/C18H21N3O/c1-14-6-4-8-16(12-14)20-18(22)21-11-3-2-9-17(21)15-7-5-10-19-13-15/h4-8,10,12-13,17H,2-3,9,11H2,1H3,(H,20,22)/t17-/m1/s1. The Hall–Kier alpha value is -2.36. The summed E-state index contributed by atoms with van der Waals surface area (Å²) in [7, 11) is 0. The molecule has 2 heterocycles. The van der Waals surface area contributed by atoms with Crippen molar-refractivity contribution in [2.24, 2.45) is 0 Å². The molecule has 1 aromatic carbocycles. The van der Waals surface area contributed by atoms with Gasteiger partial charge in [0.25, 0.3) is 0 Å². The first kappa shape index (κ1) is 14.6. The lowest BCUT2D eigenvalue weighted by molar-refractivity contribution is 0.163. The molecule has 0 aliphatic carbocycles. The number of anilines is 1. The first-order chi connectivity index (χ1) is 10.7. The fourth-order valence-electron chi connectivity index (χ4n) is 3.01. The largest absolute Gasteiger partial charge is 0.322 e. The Morgan fingerprint density at radius 1 is 1.27 bits per heavy atom. The van der Waals surface area contributed by atoms with Crippen molar-refractivity contribution in [3.05, 3.63) is 59.9 Å². The van der Waals surface area contributed by atoms with E-state index in [0.29, 0.717) is 0 Å². The Balaban J connectivity index is 1.77. The zero-order chi connectivity index (χ0) is 15.4. The monoisotopic (exact) mass is 295 g/mol. The summed E-state index contributed by atoms with van der Waals surface area (Å²) < 4.78 is 0. The van der Waals surface area contributed by atoms with E-state index in [1.54, 1.807) is 6.20 Å². The lowest BCUT2D eigenvalue weighted by Gasteiger charge is -2.35. The van der Waals surface area contributed by atoms with Crippen LogP contribution < -0.4 is 5.32 Å². The molecule has 2 amide bonds. The quantitative estimate of drug-likeness (QED) is 0.904. The number of aromatic nitrogens is 1. The van der Waals surface area contributed by atoms with Crippen molar-refractivity contribution in [2.45, 2.75) is 32.2 Å². The number of hydrogen-bond acceptors (Lipinski definition) is 2. The van der Waals surface area contributed by atoms with Gasteiger partial charge in [0.2, 0.25) is 0 Å². The lowest BCUT2D eigenvalue weighted by atomic mass is 9.97. The van der Waals surface area contributed by atoms with Crippen LogP contribution in [0.3, 0.4) is 0 Å². The lowest BCUT2D eigenvalue weighted by Crippen LogP contribution is -2.41. The van der Waals surface area contributed by atoms with Crippen molar-refractivity contribution in [1.82, 2.24) is 9.88 Å². The van der Waals surface area contributed by atoms with Crippen LogP contribution in [0, 0.1) is 6.92 Å². The van der Waals surface area contributed by atoms with Gasteiger partial charge in [-0.2, -0.15) is 0 Å². The third-order valence-corrected chi connectivity index (χ3v) is 4.10. The molecule has 1 fully saturated rings. The molecule has 0 unspecified atom stereocenters. The van der Waals surface area contributed by atoms with Gasteiger partial charge in [-0.05, 0) is 55.5 Å². The van der Waals surface area contributed by atoms with Crippen LogP contribution in [0.2, 0.25) is 0 Å². The maximum atomic E-state index is 12.7. The van der Waals surface area contributed by atoms with Gasteiger partial charge in [-0.25, -0.2) is 4.79 Å². The third-order valence-electron chi connectivity index (χ3n) is 4.10. The van der Waals surface area contributed by atoms with E-state index in [0.717, 1.165) is 42.6 Å². The minimum absolute atomic E-state index is 0.0286. The molecule has 1 N–H and O–H groups in total. The molecular weight excluding hydrogens is 274 g/mol. The van der Waals surface area contributed by atoms with E-state index in [9.17, 15) is 4.79 Å². The number of aryl methyl sites for hydroxylation is 1. The molecule has 3 rings (SSSR count). The van der Waals surface area contributed by atoms with Crippen molar-refractivity contribution in [1.29, 1.82) is 0 Å². The SMILES string of the molecule is Cc1cccc(NC(=O)N2CCCC[C@@H]2c2cccnc2)c1. The Kier molecular flexibility index (Phi) is 4.37. The summed E-state index contributed by atoms with van der Waals surface area (Å²) in [4.78, 5) is 18.8. The van der Waals surface area contributed by atoms with Crippen LogP contribution in [0.5, 0.6) is 0 Å². The van der Waals surface area contributed by atoms with Gasteiger partial charge in [-0.15, -0.1) is 0 Å². The molecule has 0 bridgehead atoms. The number of piperidine rings is 1. The highest BCUT2D eigenvalue weighted by Crippen LogP contribution is 2.30. The van der Waals surface area contributed by atoms with E-state index in [4.69, 9.17) is 0 Å². The van der Waals surface area contributed by atoms with Gasteiger partial charge in [0.15, 0.2) is 0 Å². The Bertz CT molecular complexity index is 642. The van der Waals surface area contributed by atoms with E-state index in [2.05, 4.69) is 16.4 Å². The molecule has 1 aromatic heterocycles. The molecule has 2 aromatic rings. The topological polar surface area (TPSA) is 45.2 Å². The Morgan fingerprint density at radius 2 is 2.18 bits per heavy atom. The number of hydrogen-bond donors (Lipinski definition) is 1. The van der Waals surface area contributed by atoms with Crippen molar-refractivity contribution in [3.63, 3.8) is 0 Å². The van der Waals surface area contributed by atoms with Crippen LogP contribution >= 0.6 is 0 Å². The number of nitrogens with zero attached hydrogens (tertiary/aromatic N) is 2. The highest BCUT2D eigenvalue weighted by Gasteiger charge is 2.28. The van der Waals surface area contributed by atoms with Crippen LogP contribution in [0.25, 0.3) is 0 Å². The summed E-state index contributed by atoms with van der Waals surface area (Å²) in [6.45, 7) is 2.81. The second-order valence-electron chi connectivity index (χ2n) is 5.79. The summed E-state index contributed by atoms with van der Waals surface area (Å²) >= 11 is 0. The van der Waals surface area contributed by atoms with Gasteiger partial charge in [-0.1, -0.05) is 18.2 Å². The summed E-state index contributed by atoms with van der Waals surface area (Å²) in [5, 5.41) is 3.02. The normalized spacial score (nSPS) is 18.0. The fourth-order valence-corrected chi connectivity index (χ4v) is 3.01. The van der Waals surface area contributed by atoms with E-state index < -0.39 is 0 Å². The van der Waals surface area contributed by atoms with Crippen LogP contribution in [0.15, 0.2) is 48.8 Å². The van der Waals surface area contributed by atoms with Crippen molar-refractivity contribution >= 4 is 11.7 Å². The van der Waals surface area contributed by atoms with Crippen molar-refractivity contribution in [2.75, 3.05) is 11.9 Å². The number of carbonyl (C=O) groups is 1. The molecule has 22 heavy (non-hydrogen) atoms. The van der Waals surface area contributed by atoms with E-state index in [1.807, 2.05) is 48.4 Å². The molecule has 0 saturated carbocycles. The van der Waals surface area contributed by atoms with E-state index in [1.165, 1.54) is 0 Å². The van der Waals surface area contributed by atoms with Crippen LogP contribution in [-0.4, -0.2) is 22.5 Å².